The first-order valence-corrected chi connectivity index (χ1v) is 8.10. The second-order valence-corrected chi connectivity index (χ2v) is 6.40. The summed E-state index contributed by atoms with van der Waals surface area (Å²) in [5.74, 6) is -1.98. The van der Waals surface area contributed by atoms with Gasteiger partial charge in [-0.1, -0.05) is 6.42 Å². The van der Waals surface area contributed by atoms with Crippen molar-refractivity contribution in [3.05, 3.63) is 33.6 Å². The number of nitro benzene ring substituents is 1. The minimum absolute atomic E-state index is 0.154. The molecule has 1 saturated carbocycles. The molecule has 0 aromatic heterocycles. The third-order valence-corrected chi connectivity index (χ3v) is 4.65. The Morgan fingerprint density at radius 1 is 1.19 bits per heavy atom. The number of nitro groups is 1. The summed E-state index contributed by atoms with van der Waals surface area (Å²) in [7, 11) is 0. The number of benzene rings is 1. The molecule has 1 aromatic carbocycles. The van der Waals surface area contributed by atoms with Gasteiger partial charge in [0.1, 0.15) is 5.66 Å². The first-order chi connectivity index (χ1) is 12.5. The summed E-state index contributed by atoms with van der Waals surface area (Å²) in [4.78, 5) is 18.8. The Bertz CT molecular complexity index is 845. The Kier molecular flexibility index (Phi) is 4.44. The quantitative estimate of drug-likeness (QED) is 0.458. The summed E-state index contributed by atoms with van der Waals surface area (Å²) in [6.45, 7) is 0. The van der Waals surface area contributed by atoms with Crippen molar-refractivity contribution in [2.24, 2.45) is 21.5 Å². The minimum atomic E-state index is -4.92. The molecule has 8 nitrogen and oxygen atoms in total. The Hall–Kier alpha value is -2.92. The molecule has 1 heterocycles. The van der Waals surface area contributed by atoms with Crippen LogP contribution in [-0.4, -0.2) is 22.5 Å². The number of aliphatic imine (C=N–C) groups is 2. The van der Waals surface area contributed by atoms with E-state index in [-0.39, 0.29) is 18.0 Å². The van der Waals surface area contributed by atoms with E-state index in [2.05, 4.69) is 9.98 Å². The van der Waals surface area contributed by atoms with Gasteiger partial charge in [-0.05, 0) is 31.7 Å². The van der Waals surface area contributed by atoms with Gasteiger partial charge in [0.25, 0.3) is 0 Å². The largest absolute Gasteiger partial charge is 0.416 e. The smallest absolute Gasteiger partial charge is 0.369 e. The van der Waals surface area contributed by atoms with Crippen LogP contribution in [0, 0.1) is 15.9 Å². The molecular formula is C15H16F4N6O2. The molecule has 0 amide bonds. The maximum atomic E-state index is 14.8. The summed E-state index contributed by atoms with van der Waals surface area (Å²) in [5.41, 5.74) is 6.92. The van der Waals surface area contributed by atoms with Crippen LogP contribution in [0.4, 0.5) is 28.9 Å². The third kappa shape index (κ3) is 3.26. The number of rotatable bonds is 2. The number of alkyl halides is 3. The average molecular weight is 388 g/mol. The van der Waals surface area contributed by atoms with Crippen LogP contribution in [0.2, 0.25) is 0 Å². The van der Waals surface area contributed by atoms with E-state index >= 15 is 0 Å². The van der Waals surface area contributed by atoms with Crippen molar-refractivity contribution < 1.29 is 22.5 Å². The Morgan fingerprint density at radius 3 is 2.37 bits per heavy atom. The van der Waals surface area contributed by atoms with E-state index < -0.39 is 39.5 Å². The number of nitrogens with two attached hydrogens (primary N) is 2. The molecule has 0 atom stereocenters. The van der Waals surface area contributed by atoms with Gasteiger partial charge >= 0.3 is 11.9 Å². The fourth-order valence-corrected chi connectivity index (χ4v) is 3.52. The molecule has 3 rings (SSSR count). The fourth-order valence-electron chi connectivity index (χ4n) is 3.52. The normalized spacial score (nSPS) is 19.6. The lowest BCUT2D eigenvalue weighted by atomic mass is 9.87. The lowest BCUT2D eigenvalue weighted by molar-refractivity contribution is -0.387. The molecule has 2 aliphatic rings. The highest BCUT2D eigenvalue weighted by Gasteiger charge is 2.46. The van der Waals surface area contributed by atoms with Gasteiger partial charge in [0.2, 0.25) is 17.7 Å². The fraction of sp³-hybridized carbons (Fsp3) is 0.467. The maximum Gasteiger partial charge on any atom is 0.416 e. The standard InChI is InChI=1S/C15H16F4N6O2/c16-11-9(6-8(15(17,18)19)7-10(11)25(26)27)24-13(21)22-12(20)23-14(24)4-2-1-3-5-14/h6-7H,1-5H2,(H4,20,21,22,23). The highest BCUT2D eigenvalue weighted by molar-refractivity contribution is 6.05. The van der Waals surface area contributed by atoms with E-state index in [0.717, 1.165) is 11.3 Å². The summed E-state index contributed by atoms with van der Waals surface area (Å²) in [6.07, 6.45) is -2.07. The number of nitrogens with zero attached hydrogens (tertiary/aromatic N) is 4. The lowest BCUT2D eigenvalue weighted by Gasteiger charge is -2.45. The number of hydrogen-bond donors (Lipinski definition) is 2. The van der Waals surface area contributed by atoms with Crippen molar-refractivity contribution in [3.8, 4) is 0 Å². The molecular weight excluding hydrogens is 372 g/mol. The molecule has 1 fully saturated rings. The van der Waals surface area contributed by atoms with Gasteiger partial charge in [0.15, 0.2) is 0 Å². The second kappa shape index (κ2) is 6.35. The van der Waals surface area contributed by atoms with E-state index in [1.165, 1.54) is 0 Å². The average Bonchev–Trinajstić information content (AvgIpc) is 2.55. The van der Waals surface area contributed by atoms with Crippen LogP contribution >= 0.6 is 0 Å². The molecule has 12 heteroatoms. The van der Waals surface area contributed by atoms with Crippen molar-refractivity contribution in [2.75, 3.05) is 4.90 Å². The summed E-state index contributed by atoms with van der Waals surface area (Å²) in [5, 5.41) is 11.1. The van der Waals surface area contributed by atoms with Gasteiger partial charge in [-0.25, -0.2) is 4.99 Å². The van der Waals surface area contributed by atoms with E-state index in [0.29, 0.717) is 31.7 Å². The molecule has 1 spiro atoms. The van der Waals surface area contributed by atoms with Gasteiger partial charge in [-0.15, -0.1) is 0 Å². The summed E-state index contributed by atoms with van der Waals surface area (Å²) < 4.78 is 54.5. The summed E-state index contributed by atoms with van der Waals surface area (Å²) in [6, 6.07) is 0.638. The van der Waals surface area contributed by atoms with Gasteiger partial charge in [0.05, 0.1) is 16.2 Å². The number of guanidine groups is 2. The molecule has 0 saturated heterocycles. The van der Waals surface area contributed by atoms with Crippen LogP contribution in [-0.2, 0) is 6.18 Å². The van der Waals surface area contributed by atoms with E-state index in [1.54, 1.807) is 0 Å². The molecule has 1 aliphatic carbocycles. The Morgan fingerprint density at radius 2 is 1.81 bits per heavy atom. The Labute approximate surface area is 150 Å². The van der Waals surface area contributed by atoms with Crippen LogP contribution in [0.5, 0.6) is 0 Å². The SMILES string of the molecule is NC1=NC2(CCCCC2)N(c2cc(C(F)(F)F)cc([N+](=O)[O-])c2F)C(N)=N1. The number of halogens is 4. The first-order valence-electron chi connectivity index (χ1n) is 8.10. The van der Waals surface area contributed by atoms with Crippen molar-refractivity contribution >= 4 is 23.3 Å². The van der Waals surface area contributed by atoms with Crippen LogP contribution in [0.3, 0.4) is 0 Å². The molecule has 4 N–H and O–H groups in total. The van der Waals surface area contributed by atoms with E-state index in [4.69, 9.17) is 11.5 Å². The monoisotopic (exact) mass is 388 g/mol. The molecule has 146 valence electrons. The highest BCUT2D eigenvalue weighted by atomic mass is 19.4. The topological polar surface area (TPSA) is 123 Å². The third-order valence-electron chi connectivity index (χ3n) is 4.65. The van der Waals surface area contributed by atoms with Crippen molar-refractivity contribution in [2.45, 2.75) is 43.9 Å². The molecule has 27 heavy (non-hydrogen) atoms. The lowest BCUT2D eigenvalue weighted by Crippen LogP contribution is -2.58. The minimum Gasteiger partial charge on any atom is -0.369 e. The van der Waals surface area contributed by atoms with Gasteiger partial charge in [-0.3, -0.25) is 15.0 Å². The van der Waals surface area contributed by atoms with Crippen molar-refractivity contribution in [1.82, 2.24) is 0 Å². The predicted molar refractivity (Wildman–Crippen MR) is 89.6 cm³/mol. The zero-order chi connectivity index (χ0) is 20.0. The highest BCUT2D eigenvalue weighted by Crippen LogP contribution is 2.44. The molecule has 0 bridgehead atoms. The number of anilines is 1. The first kappa shape index (κ1) is 18.9. The van der Waals surface area contributed by atoms with Gasteiger partial charge in [-0.2, -0.15) is 22.6 Å². The molecule has 1 aliphatic heterocycles. The van der Waals surface area contributed by atoms with Crippen molar-refractivity contribution in [1.29, 1.82) is 0 Å². The van der Waals surface area contributed by atoms with Crippen LogP contribution in [0.1, 0.15) is 37.7 Å². The van der Waals surface area contributed by atoms with Crippen LogP contribution < -0.4 is 16.4 Å². The van der Waals surface area contributed by atoms with E-state index in [9.17, 15) is 27.7 Å². The summed E-state index contributed by atoms with van der Waals surface area (Å²) >= 11 is 0. The van der Waals surface area contributed by atoms with E-state index in [1.807, 2.05) is 0 Å². The van der Waals surface area contributed by atoms with Gasteiger partial charge < -0.3 is 11.5 Å². The zero-order valence-corrected chi connectivity index (χ0v) is 14.0. The molecule has 1 aromatic rings. The van der Waals surface area contributed by atoms with Crippen molar-refractivity contribution in [3.63, 3.8) is 0 Å². The predicted octanol–water partition coefficient (Wildman–Crippen LogP) is 2.86. The molecule has 0 radical (unpaired) electrons. The zero-order valence-electron chi connectivity index (χ0n) is 14.0. The van der Waals surface area contributed by atoms with Gasteiger partial charge in [0, 0.05) is 6.07 Å². The second-order valence-electron chi connectivity index (χ2n) is 6.40. The number of hydrogen-bond acceptors (Lipinski definition) is 7. The van der Waals surface area contributed by atoms with Crippen LogP contribution in [0.25, 0.3) is 0 Å². The Balaban J connectivity index is 2.25. The van der Waals surface area contributed by atoms with Crippen LogP contribution in [0.15, 0.2) is 22.1 Å². The molecule has 0 unspecified atom stereocenters. The maximum absolute atomic E-state index is 14.8.